The number of benzene rings is 1. The van der Waals surface area contributed by atoms with Crippen LogP contribution in [0.1, 0.15) is 17.5 Å². The molecule has 0 radical (unpaired) electrons. The van der Waals surface area contributed by atoms with Gasteiger partial charge in [0.1, 0.15) is 12.4 Å². The number of hydrogen-bond donors (Lipinski definition) is 0. The fraction of sp³-hybridized carbons (Fsp3) is 0.286. The maximum absolute atomic E-state index is 11.6. The minimum Gasteiger partial charge on any atom is -0.492 e. The predicted molar refractivity (Wildman–Crippen MR) is 70.1 cm³/mol. The summed E-state index contributed by atoms with van der Waals surface area (Å²) in [6.45, 7) is 3.12. The summed E-state index contributed by atoms with van der Waals surface area (Å²) in [7, 11) is 0. The van der Waals surface area contributed by atoms with Gasteiger partial charge in [-0.3, -0.25) is 0 Å². The van der Waals surface area contributed by atoms with Crippen molar-refractivity contribution in [2.24, 2.45) is 0 Å². The Morgan fingerprint density at radius 3 is 2.84 bits per heavy atom. The van der Waals surface area contributed by atoms with Crippen molar-refractivity contribution < 1.29 is 14.3 Å². The van der Waals surface area contributed by atoms with Crippen LogP contribution in [-0.4, -0.2) is 28.7 Å². The first-order chi connectivity index (χ1) is 9.31. The fourth-order valence-electron chi connectivity index (χ4n) is 1.65. The van der Waals surface area contributed by atoms with Gasteiger partial charge >= 0.3 is 5.97 Å². The Balaban J connectivity index is 1.90. The van der Waals surface area contributed by atoms with Gasteiger partial charge in [0.2, 0.25) is 5.82 Å². The topological polar surface area (TPSA) is 53.3 Å². The summed E-state index contributed by atoms with van der Waals surface area (Å²) in [5, 5.41) is 0. The molecule has 0 saturated carbocycles. The second-order valence-corrected chi connectivity index (χ2v) is 3.83. The second kappa shape index (κ2) is 6.58. The summed E-state index contributed by atoms with van der Waals surface area (Å²) in [6.07, 6.45) is 3.31. The Hall–Kier alpha value is -2.30. The van der Waals surface area contributed by atoms with Crippen LogP contribution in [0.15, 0.2) is 42.7 Å². The number of aromatic nitrogens is 2. The van der Waals surface area contributed by atoms with E-state index in [2.05, 4.69) is 4.98 Å². The molecule has 0 N–H and O–H groups in total. The maximum atomic E-state index is 11.6. The average molecular weight is 260 g/mol. The highest BCUT2D eigenvalue weighted by atomic mass is 16.5. The van der Waals surface area contributed by atoms with Crippen molar-refractivity contribution in [1.82, 2.24) is 9.55 Å². The monoisotopic (exact) mass is 260 g/mol. The molecule has 2 aromatic rings. The molecular formula is C14H16N2O3. The van der Waals surface area contributed by atoms with Gasteiger partial charge in [-0.2, -0.15) is 0 Å². The molecule has 0 bridgehead atoms. The van der Waals surface area contributed by atoms with Crippen LogP contribution >= 0.6 is 0 Å². The second-order valence-electron chi connectivity index (χ2n) is 3.83. The van der Waals surface area contributed by atoms with Crippen LogP contribution in [0.3, 0.4) is 0 Å². The number of rotatable bonds is 6. The van der Waals surface area contributed by atoms with E-state index in [0.717, 1.165) is 5.75 Å². The zero-order valence-corrected chi connectivity index (χ0v) is 10.8. The Labute approximate surface area is 111 Å². The number of nitrogens with zero attached hydrogens (tertiary/aromatic N) is 2. The molecule has 1 heterocycles. The molecule has 0 unspecified atom stereocenters. The minimum atomic E-state index is -0.410. The van der Waals surface area contributed by atoms with Crippen molar-refractivity contribution in [2.45, 2.75) is 13.5 Å². The van der Waals surface area contributed by atoms with E-state index >= 15 is 0 Å². The minimum absolute atomic E-state index is 0.304. The van der Waals surface area contributed by atoms with E-state index in [4.69, 9.17) is 9.47 Å². The third-order valence-electron chi connectivity index (χ3n) is 2.52. The average Bonchev–Trinajstić information content (AvgIpc) is 2.89. The van der Waals surface area contributed by atoms with Gasteiger partial charge in [-0.15, -0.1) is 0 Å². The van der Waals surface area contributed by atoms with Crippen LogP contribution in [0.5, 0.6) is 5.75 Å². The molecule has 1 aromatic carbocycles. The fourth-order valence-corrected chi connectivity index (χ4v) is 1.65. The van der Waals surface area contributed by atoms with Gasteiger partial charge in [-0.05, 0) is 19.1 Å². The third kappa shape index (κ3) is 3.58. The molecule has 5 nitrogen and oxygen atoms in total. The lowest BCUT2D eigenvalue weighted by Gasteiger charge is -2.08. The largest absolute Gasteiger partial charge is 0.492 e. The SMILES string of the molecule is CCOC(=O)c1nccn1CCOc1ccccc1. The number of para-hydroxylation sites is 1. The zero-order valence-electron chi connectivity index (χ0n) is 10.8. The molecule has 5 heteroatoms. The van der Waals surface area contributed by atoms with Crippen LogP contribution in [0, 0.1) is 0 Å². The van der Waals surface area contributed by atoms with Crippen LogP contribution in [0.25, 0.3) is 0 Å². The van der Waals surface area contributed by atoms with Crippen molar-refractivity contribution >= 4 is 5.97 Å². The number of carbonyl (C=O) groups excluding carboxylic acids is 1. The van der Waals surface area contributed by atoms with Crippen molar-refractivity contribution in [1.29, 1.82) is 0 Å². The van der Waals surface area contributed by atoms with Crippen molar-refractivity contribution in [3.8, 4) is 5.75 Å². The lowest BCUT2D eigenvalue weighted by atomic mass is 10.3. The van der Waals surface area contributed by atoms with Crippen LogP contribution in [-0.2, 0) is 11.3 Å². The summed E-state index contributed by atoms with van der Waals surface area (Å²) in [5.41, 5.74) is 0. The molecule has 2 rings (SSSR count). The molecule has 0 aliphatic rings. The van der Waals surface area contributed by atoms with Crippen molar-refractivity contribution in [3.63, 3.8) is 0 Å². The van der Waals surface area contributed by atoms with Gasteiger partial charge in [0.15, 0.2) is 0 Å². The van der Waals surface area contributed by atoms with E-state index in [9.17, 15) is 4.79 Å². The zero-order chi connectivity index (χ0) is 13.5. The molecule has 0 fully saturated rings. The van der Waals surface area contributed by atoms with Crippen LogP contribution in [0.4, 0.5) is 0 Å². The molecule has 0 atom stereocenters. The quantitative estimate of drug-likeness (QED) is 0.747. The Morgan fingerprint density at radius 2 is 2.11 bits per heavy atom. The summed E-state index contributed by atoms with van der Waals surface area (Å²) >= 11 is 0. The Morgan fingerprint density at radius 1 is 1.32 bits per heavy atom. The van der Waals surface area contributed by atoms with Crippen LogP contribution in [0.2, 0.25) is 0 Å². The van der Waals surface area contributed by atoms with E-state index in [0.29, 0.717) is 25.6 Å². The highest BCUT2D eigenvalue weighted by molar-refractivity contribution is 5.85. The summed E-state index contributed by atoms with van der Waals surface area (Å²) in [6, 6.07) is 9.54. The molecule has 0 saturated heterocycles. The molecule has 0 aliphatic heterocycles. The van der Waals surface area contributed by atoms with Gasteiger partial charge in [0.25, 0.3) is 0 Å². The first-order valence-electron chi connectivity index (χ1n) is 6.17. The lowest BCUT2D eigenvalue weighted by molar-refractivity contribution is 0.0505. The van der Waals surface area contributed by atoms with Gasteiger partial charge in [0.05, 0.1) is 13.2 Å². The third-order valence-corrected chi connectivity index (χ3v) is 2.52. The molecule has 100 valence electrons. The number of carbonyl (C=O) groups is 1. The van der Waals surface area contributed by atoms with Gasteiger partial charge in [-0.25, -0.2) is 9.78 Å². The standard InChI is InChI=1S/C14H16N2O3/c1-2-18-14(17)13-15-8-9-16(13)10-11-19-12-6-4-3-5-7-12/h3-9H,2,10-11H2,1H3. The Bertz CT molecular complexity index is 522. The molecule has 0 spiro atoms. The summed E-state index contributed by atoms with van der Waals surface area (Å²) < 4.78 is 12.2. The number of ether oxygens (including phenoxy) is 2. The highest BCUT2D eigenvalue weighted by Crippen LogP contribution is 2.08. The van der Waals surface area contributed by atoms with E-state index in [1.165, 1.54) is 0 Å². The van der Waals surface area contributed by atoms with Crippen LogP contribution < -0.4 is 4.74 Å². The summed E-state index contributed by atoms with van der Waals surface area (Å²) in [5.74, 6) is 0.700. The molecule has 1 aromatic heterocycles. The van der Waals surface area contributed by atoms with E-state index < -0.39 is 5.97 Å². The normalized spacial score (nSPS) is 10.2. The summed E-state index contributed by atoms with van der Waals surface area (Å²) in [4.78, 5) is 15.6. The van der Waals surface area contributed by atoms with E-state index in [1.807, 2.05) is 30.3 Å². The highest BCUT2D eigenvalue weighted by Gasteiger charge is 2.13. The molecular weight excluding hydrogens is 244 g/mol. The Kier molecular flexibility index (Phi) is 4.55. The molecule has 0 amide bonds. The van der Waals surface area contributed by atoms with E-state index in [1.54, 1.807) is 23.9 Å². The lowest BCUT2D eigenvalue weighted by Crippen LogP contribution is -2.16. The predicted octanol–water partition coefficient (Wildman–Crippen LogP) is 2.14. The van der Waals surface area contributed by atoms with Crippen molar-refractivity contribution in [2.75, 3.05) is 13.2 Å². The number of hydrogen-bond acceptors (Lipinski definition) is 4. The maximum Gasteiger partial charge on any atom is 0.374 e. The van der Waals surface area contributed by atoms with Crippen molar-refractivity contribution in [3.05, 3.63) is 48.5 Å². The van der Waals surface area contributed by atoms with Gasteiger partial charge in [-0.1, -0.05) is 18.2 Å². The first kappa shape index (κ1) is 13.1. The van der Waals surface area contributed by atoms with Gasteiger partial charge < -0.3 is 14.0 Å². The molecule has 19 heavy (non-hydrogen) atoms. The first-order valence-corrected chi connectivity index (χ1v) is 6.17. The number of imidazole rings is 1. The van der Waals surface area contributed by atoms with E-state index in [-0.39, 0.29) is 0 Å². The molecule has 0 aliphatic carbocycles. The van der Waals surface area contributed by atoms with Gasteiger partial charge in [0, 0.05) is 12.4 Å². The number of esters is 1. The smallest absolute Gasteiger partial charge is 0.374 e.